The molecule has 0 saturated carbocycles. The van der Waals surface area contributed by atoms with Crippen LogP contribution in [0.25, 0.3) is 0 Å². The Balaban J connectivity index is 1.87. The Hall–Kier alpha value is -1.36. The number of nitrogens with one attached hydrogen (secondary N) is 1. The molecule has 0 aliphatic heterocycles. The molecule has 0 aliphatic carbocycles. The molecule has 0 spiro atoms. The average molecular weight is 281 g/mol. The van der Waals surface area contributed by atoms with Crippen LogP contribution in [-0.4, -0.2) is 21.1 Å². The maximum Gasteiger partial charge on any atom is 0.110 e. The summed E-state index contributed by atoms with van der Waals surface area (Å²) in [5.41, 5.74) is 1.02. The summed E-state index contributed by atoms with van der Waals surface area (Å²) < 4.78 is 3.01. The first-order valence-electron chi connectivity index (χ1n) is 5.06. The van der Waals surface area contributed by atoms with Crippen LogP contribution in [0.5, 0.6) is 0 Å². The van der Waals surface area contributed by atoms with Gasteiger partial charge in [-0.15, -0.1) is 0 Å². The minimum Gasteiger partial charge on any atom is -0.383 e. The Morgan fingerprint density at radius 3 is 3.00 bits per heavy atom. The molecule has 2 aromatic rings. The third kappa shape index (κ3) is 2.82. The predicted molar refractivity (Wildman–Crippen MR) is 67.3 cm³/mol. The first kappa shape index (κ1) is 11.1. The lowest BCUT2D eigenvalue weighted by Crippen LogP contribution is -2.08. The van der Waals surface area contributed by atoms with Gasteiger partial charge in [0.25, 0.3) is 0 Å². The Kier molecular flexibility index (Phi) is 3.56. The largest absolute Gasteiger partial charge is 0.383 e. The van der Waals surface area contributed by atoms with E-state index >= 15 is 0 Å². The summed E-state index contributed by atoms with van der Waals surface area (Å²) >= 11 is 3.39. The van der Waals surface area contributed by atoms with Crippen molar-refractivity contribution in [3.8, 4) is 0 Å². The van der Waals surface area contributed by atoms with Gasteiger partial charge in [0.1, 0.15) is 5.82 Å². The second-order valence-corrected chi connectivity index (χ2v) is 4.44. The number of rotatable bonds is 4. The van der Waals surface area contributed by atoms with Crippen LogP contribution in [0.15, 0.2) is 35.3 Å². The molecular formula is C11H13BrN4. The molecule has 1 N–H and O–H groups in total. The maximum absolute atomic E-state index is 4.26. The molecule has 0 bridgehead atoms. The van der Waals surface area contributed by atoms with Crippen LogP contribution >= 0.6 is 15.9 Å². The predicted octanol–water partition coefficient (Wildman–Crippen LogP) is 2.23. The van der Waals surface area contributed by atoms with Gasteiger partial charge in [0.15, 0.2) is 0 Å². The number of anilines is 1. The van der Waals surface area contributed by atoms with Gasteiger partial charge in [-0.3, -0.25) is 4.98 Å². The lowest BCUT2D eigenvalue weighted by molar-refractivity contribution is 0.789. The molecule has 2 rings (SSSR count). The summed E-state index contributed by atoms with van der Waals surface area (Å²) in [6, 6.07) is 2.01. The topological polar surface area (TPSA) is 42.7 Å². The van der Waals surface area contributed by atoms with Crippen LogP contribution < -0.4 is 5.32 Å². The van der Waals surface area contributed by atoms with E-state index in [1.165, 1.54) is 0 Å². The molecule has 0 aliphatic rings. The highest BCUT2D eigenvalue weighted by atomic mass is 79.9. The number of aryl methyl sites for hydroxylation is 1. The van der Waals surface area contributed by atoms with E-state index in [9.17, 15) is 0 Å². The standard InChI is InChI=1S/C11H13BrN4/c1-16-5-4-15-11(16)2-3-14-10-6-9(12)7-13-8-10/h4-8,14H,2-3H2,1H3. The molecule has 0 unspecified atom stereocenters. The Morgan fingerprint density at radius 2 is 2.31 bits per heavy atom. The fraction of sp³-hybridized carbons (Fsp3) is 0.273. The van der Waals surface area contributed by atoms with E-state index in [-0.39, 0.29) is 0 Å². The quantitative estimate of drug-likeness (QED) is 0.934. The number of nitrogens with zero attached hydrogens (tertiary/aromatic N) is 3. The van der Waals surface area contributed by atoms with Crippen molar-refractivity contribution in [2.45, 2.75) is 6.42 Å². The minimum absolute atomic E-state index is 0.850. The molecule has 84 valence electrons. The van der Waals surface area contributed by atoms with Crippen LogP contribution in [0.2, 0.25) is 0 Å². The highest BCUT2D eigenvalue weighted by molar-refractivity contribution is 9.10. The van der Waals surface area contributed by atoms with Gasteiger partial charge < -0.3 is 9.88 Å². The van der Waals surface area contributed by atoms with Crippen LogP contribution in [0, 0.1) is 0 Å². The fourth-order valence-electron chi connectivity index (χ4n) is 1.46. The van der Waals surface area contributed by atoms with E-state index < -0.39 is 0 Å². The van der Waals surface area contributed by atoms with Gasteiger partial charge in [0.2, 0.25) is 0 Å². The molecule has 0 saturated heterocycles. The summed E-state index contributed by atoms with van der Waals surface area (Å²) in [7, 11) is 2.00. The van der Waals surface area contributed by atoms with E-state index in [0.29, 0.717) is 0 Å². The molecule has 2 heterocycles. The molecule has 0 amide bonds. The van der Waals surface area contributed by atoms with Gasteiger partial charge in [-0.05, 0) is 22.0 Å². The van der Waals surface area contributed by atoms with Crippen LogP contribution in [0.1, 0.15) is 5.82 Å². The highest BCUT2D eigenvalue weighted by Crippen LogP contribution is 2.13. The van der Waals surface area contributed by atoms with Gasteiger partial charge in [-0.25, -0.2) is 4.98 Å². The van der Waals surface area contributed by atoms with Crippen LogP contribution in [-0.2, 0) is 13.5 Å². The average Bonchev–Trinajstić information content (AvgIpc) is 2.65. The van der Waals surface area contributed by atoms with Gasteiger partial charge >= 0.3 is 0 Å². The summed E-state index contributed by atoms with van der Waals surface area (Å²) in [5.74, 6) is 1.08. The van der Waals surface area contributed by atoms with Gasteiger partial charge in [0, 0.05) is 43.1 Å². The van der Waals surface area contributed by atoms with Crippen LogP contribution in [0.4, 0.5) is 5.69 Å². The summed E-state index contributed by atoms with van der Waals surface area (Å²) in [4.78, 5) is 8.35. The van der Waals surface area contributed by atoms with E-state index in [1.54, 1.807) is 6.20 Å². The van der Waals surface area contributed by atoms with Crippen molar-refractivity contribution >= 4 is 21.6 Å². The minimum atomic E-state index is 0.850. The summed E-state index contributed by atoms with van der Waals surface area (Å²) in [6.07, 6.45) is 8.25. The van der Waals surface area contributed by atoms with Crippen molar-refractivity contribution in [1.29, 1.82) is 0 Å². The molecule has 0 radical (unpaired) electrons. The van der Waals surface area contributed by atoms with E-state index in [4.69, 9.17) is 0 Å². The highest BCUT2D eigenvalue weighted by Gasteiger charge is 1.99. The zero-order valence-electron chi connectivity index (χ0n) is 9.02. The van der Waals surface area contributed by atoms with Crippen molar-refractivity contribution in [2.75, 3.05) is 11.9 Å². The SMILES string of the molecule is Cn1ccnc1CCNc1cncc(Br)c1. The van der Waals surface area contributed by atoms with E-state index in [1.807, 2.05) is 36.3 Å². The Labute approximate surface area is 103 Å². The van der Waals surface area contributed by atoms with Gasteiger partial charge in [0.05, 0.1) is 11.9 Å². The Bertz CT molecular complexity index is 467. The van der Waals surface area contributed by atoms with Crippen molar-refractivity contribution < 1.29 is 0 Å². The fourth-order valence-corrected chi connectivity index (χ4v) is 1.83. The number of pyridine rings is 1. The van der Waals surface area contributed by atoms with Crippen molar-refractivity contribution in [3.05, 3.63) is 41.2 Å². The lowest BCUT2D eigenvalue weighted by atomic mass is 10.3. The lowest BCUT2D eigenvalue weighted by Gasteiger charge is -2.06. The zero-order chi connectivity index (χ0) is 11.4. The van der Waals surface area contributed by atoms with Gasteiger partial charge in [-0.1, -0.05) is 0 Å². The smallest absolute Gasteiger partial charge is 0.110 e. The number of imidazole rings is 1. The number of aromatic nitrogens is 3. The first-order chi connectivity index (χ1) is 7.75. The summed E-state index contributed by atoms with van der Waals surface area (Å²) in [6.45, 7) is 0.850. The van der Waals surface area contributed by atoms with Crippen LogP contribution in [0.3, 0.4) is 0 Å². The monoisotopic (exact) mass is 280 g/mol. The molecule has 2 aromatic heterocycles. The third-order valence-electron chi connectivity index (χ3n) is 2.30. The van der Waals surface area contributed by atoms with Crippen molar-refractivity contribution in [1.82, 2.24) is 14.5 Å². The molecule has 0 atom stereocenters. The first-order valence-corrected chi connectivity index (χ1v) is 5.85. The summed E-state index contributed by atoms with van der Waals surface area (Å²) in [5, 5.41) is 3.31. The number of hydrogen-bond acceptors (Lipinski definition) is 3. The van der Waals surface area contributed by atoms with E-state index in [2.05, 4.69) is 31.2 Å². The van der Waals surface area contributed by atoms with Gasteiger partial charge in [-0.2, -0.15) is 0 Å². The van der Waals surface area contributed by atoms with E-state index in [0.717, 1.165) is 29.0 Å². The number of halogens is 1. The second-order valence-electron chi connectivity index (χ2n) is 3.52. The molecule has 5 heteroatoms. The normalized spacial score (nSPS) is 10.4. The van der Waals surface area contributed by atoms with Crippen molar-refractivity contribution in [3.63, 3.8) is 0 Å². The van der Waals surface area contributed by atoms with Crippen molar-refractivity contribution in [2.24, 2.45) is 7.05 Å². The maximum atomic E-state index is 4.26. The second kappa shape index (κ2) is 5.12. The molecule has 0 aromatic carbocycles. The Morgan fingerprint density at radius 1 is 1.44 bits per heavy atom. The zero-order valence-corrected chi connectivity index (χ0v) is 10.6. The molecule has 0 fully saturated rings. The molecular weight excluding hydrogens is 268 g/mol. The molecule has 16 heavy (non-hydrogen) atoms. The third-order valence-corrected chi connectivity index (χ3v) is 2.74. The molecule has 4 nitrogen and oxygen atoms in total. The number of hydrogen-bond donors (Lipinski definition) is 1.